The molecule has 3 rings (SSSR count). The van der Waals surface area contributed by atoms with E-state index < -0.39 is 11.7 Å². The summed E-state index contributed by atoms with van der Waals surface area (Å²) in [5, 5.41) is 8.21. The Hall–Kier alpha value is -2.67. The summed E-state index contributed by atoms with van der Waals surface area (Å²) < 4.78 is 43.8. The van der Waals surface area contributed by atoms with E-state index in [9.17, 15) is 13.2 Å². The molecule has 1 atom stereocenters. The maximum absolute atomic E-state index is 12.7. The van der Waals surface area contributed by atoms with E-state index in [1.807, 2.05) is 50.1 Å². The average Bonchev–Trinajstić information content (AvgIpc) is 3.11. The predicted octanol–water partition coefficient (Wildman–Crippen LogP) is 5.26. The van der Waals surface area contributed by atoms with Crippen LogP contribution in [0.5, 0.6) is 0 Å². The molecule has 0 N–H and O–H groups in total. The molecule has 1 heterocycles. The molecule has 0 fully saturated rings. The van der Waals surface area contributed by atoms with Crippen molar-refractivity contribution in [3.63, 3.8) is 0 Å². The van der Waals surface area contributed by atoms with E-state index in [-0.39, 0.29) is 6.04 Å². The molecule has 7 heteroatoms. The quantitative estimate of drug-likeness (QED) is 0.610. The zero-order chi connectivity index (χ0) is 19.6. The maximum Gasteiger partial charge on any atom is 0.416 e. The van der Waals surface area contributed by atoms with Gasteiger partial charge in [0, 0.05) is 12.1 Å². The summed E-state index contributed by atoms with van der Waals surface area (Å²) >= 11 is 0. The summed E-state index contributed by atoms with van der Waals surface area (Å²) in [6.07, 6.45) is -4.33. The van der Waals surface area contributed by atoms with Gasteiger partial charge in [-0.25, -0.2) is 0 Å². The lowest BCUT2D eigenvalue weighted by Crippen LogP contribution is -2.22. The highest BCUT2D eigenvalue weighted by Crippen LogP contribution is 2.30. The minimum Gasteiger partial charge on any atom is -0.419 e. The molecule has 1 aromatic heterocycles. The van der Waals surface area contributed by atoms with Gasteiger partial charge in [0.25, 0.3) is 0 Å². The van der Waals surface area contributed by atoms with E-state index >= 15 is 0 Å². The van der Waals surface area contributed by atoms with Crippen LogP contribution in [0.15, 0.2) is 52.9 Å². The second kappa shape index (κ2) is 7.52. The minimum absolute atomic E-state index is 0.181. The second-order valence-electron chi connectivity index (χ2n) is 6.60. The van der Waals surface area contributed by atoms with E-state index in [4.69, 9.17) is 4.42 Å². The van der Waals surface area contributed by atoms with Gasteiger partial charge in [-0.2, -0.15) is 13.2 Å². The van der Waals surface area contributed by atoms with Crippen molar-refractivity contribution in [2.45, 2.75) is 32.6 Å². The molecule has 0 radical (unpaired) electrons. The molecule has 0 aliphatic rings. The Morgan fingerprint density at radius 3 is 2.22 bits per heavy atom. The van der Waals surface area contributed by atoms with Gasteiger partial charge in [0.2, 0.25) is 11.8 Å². The number of hydrogen-bond acceptors (Lipinski definition) is 4. The van der Waals surface area contributed by atoms with Crippen molar-refractivity contribution in [1.29, 1.82) is 0 Å². The van der Waals surface area contributed by atoms with Crippen LogP contribution < -0.4 is 0 Å². The van der Waals surface area contributed by atoms with E-state index in [0.717, 1.165) is 28.8 Å². The normalized spacial score (nSPS) is 13.1. The molecule has 0 spiro atoms. The first-order valence-corrected chi connectivity index (χ1v) is 8.51. The summed E-state index contributed by atoms with van der Waals surface area (Å²) in [5.74, 6) is 0.903. The van der Waals surface area contributed by atoms with Crippen molar-refractivity contribution < 1.29 is 17.6 Å². The van der Waals surface area contributed by atoms with Gasteiger partial charge in [-0.15, -0.1) is 10.2 Å². The number of benzene rings is 2. The molecule has 0 aliphatic heterocycles. The van der Waals surface area contributed by atoms with Crippen LogP contribution in [0.2, 0.25) is 0 Å². The van der Waals surface area contributed by atoms with Crippen LogP contribution in [0.3, 0.4) is 0 Å². The number of rotatable bonds is 5. The molecule has 0 amide bonds. The lowest BCUT2D eigenvalue weighted by atomic mass is 10.1. The lowest BCUT2D eigenvalue weighted by Gasteiger charge is -2.22. The van der Waals surface area contributed by atoms with Crippen molar-refractivity contribution in [1.82, 2.24) is 15.1 Å². The summed E-state index contributed by atoms with van der Waals surface area (Å²) in [4.78, 5) is 1.94. The van der Waals surface area contributed by atoms with Gasteiger partial charge in [0.05, 0.1) is 11.6 Å². The van der Waals surface area contributed by atoms with Crippen LogP contribution in [-0.2, 0) is 12.7 Å². The zero-order valence-corrected chi connectivity index (χ0v) is 15.3. The largest absolute Gasteiger partial charge is 0.419 e. The molecule has 3 aromatic rings. The van der Waals surface area contributed by atoms with Gasteiger partial charge in [0.15, 0.2) is 0 Å². The Morgan fingerprint density at radius 2 is 1.63 bits per heavy atom. The van der Waals surface area contributed by atoms with Gasteiger partial charge in [-0.05, 0) is 50.7 Å². The summed E-state index contributed by atoms with van der Waals surface area (Å²) in [6.45, 7) is 4.37. The number of aryl methyl sites for hydroxylation is 1. The number of nitrogens with zero attached hydrogens (tertiary/aromatic N) is 3. The molecule has 2 aromatic carbocycles. The molecule has 142 valence electrons. The standard InChI is InChI=1S/C20H20F3N3O/c1-13-4-8-16(9-5-13)19-25-24-18(27-19)14(2)26(3)12-15-6-10-17(11-7-15)20(21,22)23/h4-11,14H,12H2,1-3H3. The van der Waals surface area contributed by atoms with Crippen molar-refractivity contribution in [2.24, 2.45) is 0 Å². The number of alkyl halides is 3. The molecule has 1 unspecified atom stereocenters. The zero-order valence-electron chi connectivity index (χ0n) is 15.3. The van der Waals surface area contributed by atoms with E-state index in [0.29, 0.717) is 18.3 Å². The van der Waals surface area contributed by atoms with Gasteiger partial charge in [0.1, 0.15) is 0 Å². The van der Waals surface area contributed by atoms with Crippen molar-refractivity contribution in [3.8, 4) is 11.5 Å². The van der Waals surface area contributed by atoms with Gasteiger partial charge >= 0.3 is 6.18 Å². The topological polar surface area (TPSA) is 42.2 Å². The van der Waals surface area contributed by atoms with Gasteiger partial charge in [-0.1, -0.05) is 29.8 Å². The molecule has 27 heavy (non-hydrogen) atoms. The first-order valence-electron chi connectivity index (χ1n) is 8.51. The van der Waals surface area contributed by atoms with Crippen LogP contribution in [0.1, 0.15) is 35.5 Å². The third kappa shape index (κ3) is 4.54. The third-order valence-corrected chi connectivity index (χ3v) is 4.47. The van der Waals surface area contributed by atoms with Crippen molar-refractivity contribution in [2.75, 3.05) is 7.05 Å². The van der Waals surface area contributed by atoms with Crippen LogP contribution in [0, 0.1) is 6.92 Å². The summed E-state index contributed by atoms with van der Waals surface area (Å²) in [6, 6.07) is 12.8. The highest BCUT2D eigenvalue weighted by molar-refractivity contribution is 5.52. The number of aromatic nitrogens is 2. The number of halogens is 3. The highest BCUT2D eigenvalue weighted by atomic mass is 19.4. The fourth-order valence-electron chi connectivity index (χ4n) is 2.63. The maximum atomic E-state index is 12.7. The summed E-state index contributed by atoms with van der Waals surface area (Å²) in [5.41, 5.74) is 2.11. The number of hydrogen-bond donors (Lipinski definition) is 0. The average molecular weight is 375 g/mol. The molecular weight excluding hydrogens is 355 g/mol. The van der Waals surface area contributed by atoms with E-state index in [2.05, 4.69) is 10.2 Å². The fraction of sp³-hybridized carbons (Fsp3) is 0.300. The highest BCUT2D eigenvalue weighted by Gasteiger charge is 2.30. The van der Waals surface area contributed by atoms with Crippen LogP contribution >= 0.6 is 0 Å². The molecule has 0 saturated carbocycles. The Balaban J connectivity index is 1.68. The van der Waals surface area contributed by atoms with Gasteiger partial charge < -0.3 is 4.42 Å². The first kappa shape index (κ1) is 19.1. The predicted molar refractivity (Wildman–Crippen MR) is 95.8 cm³/mol. The lowest BCUT2D eigenvalue weighted by molar-refractivity contribution is -0.137. The second-order valence-corrected chi connectivity index (χ2v) is 6.60. The Morgan fingerprint density at radius 1 is 1.00 bits per heavy atom. The fourth-order valence-corrected chi connectivity index (χ4v) is 2.63. The molecule has 0 bridgehead atoms. The molecular formula is C20H20F3N3O. The van der Waals surface area contributed by atoms with Crippen molar-refractivity contribution >= 4 is 0 Å². The van der Waals surface area contributed by atoms with Crippen LogP contribution in [0.25, 0.3) is 11.5 Å². The minimum atomic E-state index is -4.33. The Labute approximate surface area is 155 Å². The smallest absolute Gasteiger partial charge is 0.416 e. The summed E-state index contributed by atoms with van der Waals surface area (Å²) in [7, 11) is 1.86. The van der Waals surface area contributed by atoms with E-state index in [1.165, 1.54) is 12.1 Å². The van der Waals surface area contributed by atoms with Crippen LogP contribution in [-0.4, -0.2) is 22.1 Å². The van der Waals surface area contributed by atoms with E-state index in [1.54, 1.807) is 0 Å². The van der Waals surface area contributed by atoms with Crippen LogP contribution in [0.4, 0.5) is 13.2 Å². The molecule has 4 nitrogen and oxygen atoms in total. The molecule has 0 aliphatic carbocycles. The third-order valence-electron chi connectivity index (χ3n) is 4.47. The first-order chi connectivity index (χ1) is 12.7. The SMILES string of the molecule is Cc1ccc(-c2nnc(C(C)N(C)Cc3ccc(C(F)(F)F)cc3)o2)cc1. The molecule has 0 saturated heterocycles. The van der Waals surface area contributed by atoms with Crippen molar-refractivity contribution in [3.05, 3.63) is 71.1 Å². The van der Waals surface area contributed by atoms with Gasteiger partial charge in [-0.3, -0.25) is 4.90 Å². The monoisotopic (exact) mass is 375 g/mol. The Kier molecular flexibility index (Phi) is 5.32. The Bertz CT molecular complexity index is 886.